The van der Waals surface area contributed by atoms with Crippen molar-refractivity contribution >= 4 is 17.4 Å². The Labute approximate surface area is 82.1 Å². The third-order valence-electron chi connectivity index (χ3n) is 1.30. The summed E-state index contributed by atoms with van der Waals surface area (Å²) in [5.74, 6) is -0.195. The van der Waals surface area contributed by atoms with Gasteiger partial charge < -0.3 is 5.32 Å². The van der Waals surface area contributed by atoms with Gasteiger partial charge in [0.1, 0.15) is 0 Å². The number of rotatable bonds is 1. The molecule has 0 radical (unpaired) electrons. The monoisotopic (exact) mass is 202 g/mol. The average molecular weight is 203 g/mol. The second-order valence-corrected chi connectivity index (χ2v) is 4.30. The molecule has 13 heavy (non-hydrogen) atoms. The Morgan fingerprint density at radius 1 is 1.46 bits per heavy atom. The first-order valence-electron chi connectivity index (χ1n) is 3.98. The minimum atomic E-state index is -0.428. The summed E-state index contributed by atoms with van der Waals surface area (Å²) in [7, 11) is 0. The Morgan fingerprint density at radius 2 is 2.08 bits per heavy atom. The molecule has 0 aliphatic carbocycles. The highest BCUT2D eigenvalue weighted by molar-refractivity contribution is 6.30. The summed E-state index contributed by atoms with van der Waals surface area (Å²) in [5, 5.41) is 3.23. The predicted molar refractivity (Wildman–Crippen MR) is 52.6 cm³/mol. The van der Waals surface area contributed by atoms with Crippen molar-refractivity contribution in [2.75, 3.05) is 5.32 Å². The maximum absolute atomic E-state index is 13.2. The fraction of sp³-hybridized carbons (Fsp3) is 0.444. The van der Waals surface area contributed by atoms with Crippen molar-refractivity contribution in [1.82, 2.24) is 4.98 Å². The topological polar surface area (TPSA) is 24.9 Å². The average Bonchev–Trinajstić information content (AvgIpc) is 1.93. The van der Waals surface area contributed by atoms with Crippen LogP contribution in [0.1, 0.15) is 20.8 Å². The molecule has 0 aromatic carbocycles. The fourth-order valence-corrected chi connectivity index (χ4v) is 1.01. The summed E-state index contributed by atoms with van der Waals surface area (Å²) in [5.41, 5.74) is -0.207. The van der Waals surface area contributed by atoms with Crippen LogP contribution in [0, 0.1) is 5.82 Å². The third-order valence-corrected chi connectivity index (χ3v) is 1.51. The van der Waals surface area contributed by atoms with E-state index in [-0.39, 0.29) is 11.4 Å². The molecule has 0 fully saturated rings. The lowest BCUT2D eigenvalue weighted by molar-refractivity contribution is 0.591. The molecular formula is C9H12ClFN2. The van der Waals surface area contributed by atoms with Crippen LogP contribution in [0.15, 0.2) is 12.3 Å². The lowest BCUT2D eigenvalue weighted by atomic mass is 10.1. The molecule has 1 N–H and O–H groups in total. The Kier molecular flexibility index (Phi) is 2.76. The molecule has 0 saturated heterocycles. The first-order chi connectivity index (χ1) is 5.88. The normalized spacial score (nSPS) is 11.5. The SMILES string of the molecule is CC(C)(C)Nc1ncc(Cl)cc1F. The summed E-state index contributed by atoms with van der Waals surface area (Å²) < 4.78 is 13.2. The predicted octanol–water partition coefficient (Wildman–Crippen LogP) is 3.08. The Hall–Kier alpha value is -0.830. The van der Waals surface area contributed by atoms with Crippen LogP contribution in [-0.4, -0.2) is 10.5 Å². The second-order valence-electron chi connectivity index (χ2n) is 3.86. The van der Waals surface area contributed by atoms with E-state index in [1.165, 1.54) is 12.3 Å². The number of halogens is 2. The Balaban J connectivity index is 2.90. The van der Waals surface area contributed by atoms with Crippen molar-refractivity contribution in [2.45, 2.75) is 26.3 Å². The molecule has 1 rings (SSSR count). The van der Waals surface area contributed by atoms with E-state index < -0.39 is 5.82 Å². The van der Waals surface area contributed by atoms with Crippen LogP contribution in [0.25, 0.3) is 0 Å². The summed E-state index contributed by atoms with van der Waals surface area (Å²) in [4.78, 5) is 3.85. The van der Waals surface area contributed by atoms with Gasteiger partial charge in [-0.3, -0.25) is 0 Å². The van der Waals surface area contributed by atoms with Crippen LogP contribution in [0.4, 0.5) is 10.2 Å². The van der Waals surface area contributed by atoms with Crippen molar-refractivity contribution in [3.63, 3.8) is 0 Å². The highest BCUT2D eigenvalue weighted by Crippen LogP contribution is 2.18. The van der Waals surface area contributed by atoms with Crippen molar-refractivity contribution in [3.05, 3.63) is 23.1 Å². The molecule has 1 aromatic rings. The number of nitrogens with zero attached hydrogens (tertiary/aromatic N) is 1. The number of hydrogen-bond donors (Lipinski definition) is 1. The molecule has 72 valence electrons. The van der Waals surface area contributed by atoms with E-state index >= 15 is 0 Å². The van der Waals surface area contributed by atoms with Crippen molar-refractivity contribution in [2.24, 2.45) is 0 Å². The molecule has 0 unspecified atom stereocenters. The van der Waals surface area contributed by atoms with E-state index in [2.05, 4.69) is 10.3 Å². The van der Waals surface area contributed by atoms with Gasteiger partial charge in [-0.05, 0) is 26.8 Å². The van der Waals surface area contributed by atoms with Gasteiger partial charge in [0.15, 0.2) is 11.6 Å². The van der Waals surface area contributed by atoms with Crippen LogP contribution in [0.2, 0.25) is 5.02 Å². The standard InChI is InChI=1S/C9H12ClFN2/c1-9(2,3)13-8-7(11)4-6(10)5-12-8/h4-5H,1-3H3,(H,12,13). The summed E-state index contributed by atoms with van der Waals surface area (Å²) in [6.07, 6.45) is 1.42. The van der Waals surface area contributed by atoms with E-state index in [0.29, 0.717) is 5.02 Å². The molecule has 0 saturated carbocycles. The zero-order valence-corrected chi connectivity index (χ0v) is 8.61. The molecule has 1 heterocycles. The molecular weight excluding hydrogens is 191 g/mol. The number of aromatic nitrogens is 1. The van der Waals surface area contributed by atoms with Crippen molar-refractivity contribution < 1.29 is 4.39 Å². The molecule has 1 aromatic heterocycles. The highest BCUT2D eigenvalue weighted by atomic mass is 35.5. The maximum atomic E-state index is 13.2. The lowest BCUT2D eigenvalue weighted by Crippen LogP contribution is -2.27. The zero-order chi connectivity index (χ0) is 10.1. The molecule has 0 spiro atoms. The van der Waals surface area contributed by atoms with Gasteiger partial charge in [0.05, 0.1) is 5.02 Å². The minimum Gasteiger partial charge on any atom is -0.363 e. The van der Waals surface area contributed by atoms with Gasteiger partial charge >= 0.3 is 0 Å². The quantitative estimate of drug-likeness (QED) is 0.757. The van der Waals surface area contributed by atoms with Crippen LogP contribution in [0.5, 0.6) is 0 Å². The number of anilines is 1. The number of hydrogen-bond acceptors (Lipinski definition) is 2. The van der Waals surface area contributed by atoms with E-state index in [4.69, 9.17) is 11.6 Å². The van der Waals surface area contributed by atoms with Crippen LogP contribution in [0.3, 0.4) is 0 Å². The largest absolute Gasteiger partial charge is 0.363 e. The highest BCUT2D eigenvalue weighted by Gasteiger charge is 2.13. The molecule has 0 aliphatic heterocycles. The zero-order valence-electron chi connectivity index (χ0n) is 7.86. The van der Waals surface area contributed by atoms with E-state index in [1.54, 1.807) is 0 Å². The lowest BCUT2D eigenvalue weighted by Gasteiger charge is -2.21. The molecule has 2 nitrogen and oxygen atoms in total. The Morgan fingerprint density at radius 3 is 2.54 bits per heavy atom. The van der Waals surface area contributed by atoms with Gasteiger partial charge in [-0.2, -0.15) is 0 Å². The second kappa shape index (κ2) is 3.50. The van der Waals surface area contributed by atoms with Crippen molar-refractivity contribution in [3.8, 4) is 0 Å². The van der Waals surface area contributed by atoms with Gasteiger partial charge in [-0.25, -0.2) is 9.37 Å². The number of pyridine rings is 1. The number of nitrogens with one attached hydrogen (secondary N) is 1. The molecule has 0 bridgehead atoms. The first-order valence-corrected chi connectivity index (χ1v) is 4.35. The van der Waals surface area contributed by atoms with E-state index in [0.717, 1.165) is 0 Å². The van der Waals surface area contributed by atoms with E-state index in [9.17, 15) is 4.39 Å². The Bertz CT molecular complexity index is 307. The van der Waals surface area contributed by atoms with E-state index in [1.807, 2.05) is 20.8 Å². The minimum absolute atomic E-state index is 0.207. The van der Waals surface area contributed by atoms with Gasteiger partial charge in [-0.15, -0.1) is 0 Å². The van der Waals surface area contributed by atoms with Gasteiger partial charge in [0, 0.05) is 11.7 Å². The summed E-state index contributed by atoms with van der Waals surface area (Å²) in [6, 6.07) is 1.24. The molecule has 0 amide bonds. The van der Waals surface area contributed by atoms with Gasteiger partial charge in [-0.1, -0.05) is 11.6 Å². The molecule has 0 aliphatic rings. The fourth-order valence-electron chi connectivity index (χ4n) is 0.862. The van der Waals surface area contributed by atoms with Crippen LogP contribution < -0.4 is 5.32 Å². The molecule has 0 atom stereocenters. The third kappa shape index (κ3) is 3.19. The van der Waals surface area contributed by atoms with Crippen LogP contribution in [-0.2, 0) is 0 Å². The smallest absolute Gasteiger partial charge is 0.166 e. The summed E-state index contributed by atoms with van der Waals surface area (Å²) in [6.45, 7) is 5.80. The summed E-state index contributed by atoms with van der Waals surface area (Å²) >= 11 is 5.56. The van der Waals surface area contributed by atoms with Crippen molar-refractivity contribution in [1.29, 1.82) is 0 Å². The van der Waals surface area contributed by atoms with Gasteiger partial charge in [0.2, 0.25) is 0 Å². The first kappa shape index (κ1) is 10.3. The maximum Gasteiger partial charge on any atom is 0.166 e. The van der Waals surface area contributed by atoms with Gasteiger partial charge in [0.25, 0.3) is 0 Å². The van der Waals surface area contributed by atoms with Crippen LogP contribution >= 0.6 is 11.6 Å². The molecule has 4 heteroatoms.